The molecular weight excluding hydrogens is 358 g/mol. The van der Waals surface area contributed by atoms with Crippen molar-refractivity contribution in [2.45, 2.75) is 38.7 Å². The summed E-state index contributed by atoms with van der Waals surface area (Å²) in [5, 5.41) is 2.90. The molecule has 1 N–H and O–H groups in total. The molecule has 0 radical (unpaired) electrons. The Bertz CT molecular complexity index is 692. The summed E-state index contributed by atoms with van der Waals surface area (Å²) in [5.74, 6) is 2.02. The van der Waals surface area contributed by atoms with Crippen LogP contribution in [-0.2, 0) is 9.53 Å². The minimum Gasteiger partial charge on any atom is -0.469 e. The van der Waals surface area contributed by atoms with Crippen molar-refractivity contribution < 1.29 is 18.7 Å². The highest BCUT2D eigenvalue weighted by molar-refractivity contribution is 5.95. The molecule has 1 unspecified atom stereocenters. The first-order chi connectivity index (χ1) is 13.6. The van der Waals surface area contributed by atoms with E-state index in [4.69, 9.17) is 9.15 Å². The van der Waals surface area contributed by atoms with Gasteiger partial charge in [-0.25, -0.2) is 0 Å². The Morgan fingerprint density at radius 3 is 2.61 bits per heavy atom. The van der Waals surface area contributed by atoms with Crippen LogP contribution in [-0.4, -0.2) is 73.6 Å². The number of amides is 2. The first kappa shape index (κ1) is 19.5. The molecule has 1 atom stereocenters. The van der Waals surface area contributed by atoms with E-state index in [9.17, 15) is 9.59 Å². The van der Waals surface area contributed by atoms with Crippen molar-refractivity contribution in [3.05, 3.63) is 23.7 Å². The minimum absolute atomic E-state index is 0.0636. The van der Waals surface area contributed by atoms with Gasteiger partial charge >= 0.3 is 0 Å². The summed E-state index contributed by atoms with van der Waals surface area (Å²) in [6.07, 6.45) is 6.49. The molecular formula is C21H31N3O4. The molecule has 1 aromatic rings. The molecule has 3 fully saturated rings. The van der Waals surface area contributed by atoms with Crippen LogP contribution in [0.2, 0.25) is 0 Å². The van der Waals surface area contributed by atoms with Crippen LogP contribution in [0.3, 0.4) is 0 Å². The molecule has 4 rings (SSSR count). The van der Waals surface area contributed by atoms with E-state index < -0.39 is 0 Å². The summed E-state index contributed by atoms with van der Waals surface area (Å²) >= 11 is 0. The van der Waals surface area contributed by atoms with Crippen LogP contribution in [0.1, 0.15) is 41.8 Å². The summed E-state index contributed by atoms with van der Waals surface area (Å²) in [7, 11) is 0. The van der Waals surface area contributed by atoms with Crippen LogP contribution in [0, 0.1) is 18.8 Å². The molecule has 7 nitrogen and oxygen atoms in total. The number of carbonyl (C=O) groups is 2. The summed E-state index contributed by atoms with van der Waals surface area (Å²) in [6, 6.07) is 1.66. The third kappa shape index (κ3) is 4.94. The topological polar surface area (TPSA) is 75.0 Å². The lowest BCUT2D eigenvalue weighted by Gasteiger charge is -2.38. The van der Waals surface area contributed by atoms with Crippen molar-refractivity contribution in [2.24, 2.45) is 11.8 Å². The number of carbonyl (C=O) groups excluding carboxylic acids is 2. The van der Waals surface area contributed by atoms with E-state index in [2.05, 4.69) is 10.2 Å². The second-order valence-electron chi connectivity index (χ2n) is 8.52. The van der Waals surface area contributed by atoms with Crippen molar-refractivity contribution in [1.82, 2.24) is 15.1 Å². The number of furan rings is 1. The Balaban J connectivity index is 1.21. The maximum atomic E-state index is 12.3. The second-order valence-corrected chi connectivity index (χ2v) is 8.52. The van der Waals surface area contributed by atoms with E-state index in [0.717, 1.165) is 25.6 Å². The number of piperidine rings is 1. The molecule has 0 aromatic carbocycles. The van der Waals surface area contributed by atoms with Crippen molar-refractivity contribution in [1.29, 1.82) is 0 Å². The zero-order valence-electron chi connectivity index (χ0n) is 16.7. The fraction of sp³-hybridized carbons (Fsp3) is 0.714. The number of ether oxygens (including phenoxy) is 1. The van der Waals surface area contributed by atoms with Gasteiger partial charge in [-0.2, -0.15) is 0 Å². The molecule has 0 spiro atoms. The van der Waals surface area contributed by atoms with Gasteiger partial charge in [0.1, 0.15) is 12.4 Å². The average Bonchev–Trinajstić information content (AvgIpc) is 3.41. The quantitative estimate of drug-likeness (QED) is 0.768. The second kappa shape index (κ2) is 8.66. The van der Waals surface area contributed by atoms with Gasteiger partial charge < -0.3 is 24.3 Å². The fourth-order valence-electron chi connectivity index (χ4n) is 4.23. The lowest BCUT2D eigenvalue weighted by Crippen LogP contribution is -2.52. The Morgan fingerprint density at radius 1 is 1.18 bits per heavy atom. The van der Waals surface area contributed by atoms with E-state index in [1.807, 2.05) is 4.90 Å². The van der Waals surface area contributed by atoms with Gasteiger partial charge in [-0.1, -0.05) is 0 Å². The first-order valence-electron chi connectivity index (χ1n) is 10.5. The smallest absolute Gasteiger partial charge is 0.254 e. The molecule has 2 saturated heterocycles. The van der Waals surface area contributed by atoms with Gasteiger partial charge in [0.15, 0.2) is 0 Å². The number of aryl methyl sites for hydroxylation is 1. The normalized spacial score (nSPS) is 24.5. The SMILES string of the molecule is Cc1occc1C(=O)NCC1CN(CC2CCN(CC3CC3)CC2)C(=O)CO1. The van der Waals surface area contributed by atoms with E-state index >= 15 is 0 Å². The predicted octanol–water partition coefficient (Wildman–Crippen LogP) is 1.67. The van der Waals surface area contributed by atoms with Crippen LogP contribution in [0.4, 0.5) is 0 Å². The zero-order chi connectivity index (χ0) is 19.5. The van der Waals surface area contributed by atoms with Crippen LogP contribution in [0.25, 0.3) is 0 Å². The third-order valence-electron chi connectivity index (χ3n) is 6.21. The van der Waals surface area contributed by atoms with Gasteiger partial charge in [0, 0.05) is 26.2 Å². The van der Waals surface area contributed by atoms with Crippen molar-refractivity contribution >= 4 is 11.8 Å². The number of nitrogens with one attached hydrogen (secondary N) is 1. The fourth-order valence-corrected chi connectivity index (χ4v) is 4.23. The molecule has 1 aromatic heterocycles. The highest BCUT2D eigenvalue weighted by atomic mass is 16.5. The van der Waals surface area contributed by atoms with Gasteiger partial charge in [-0.05, 0) is 63.6 Å². The Kier molecular flexibility index (Phi) is 6.01. The number of rotatable bonds is 7. The summed E-state index contributed by atoms with van der Waals surface area (Å²) in [4.78, 5) is 29.0. The minimum atomic E-state index is -0.165. The number of morpholine rings is 1. The summed E-state index contributed by atoms with van der Waals surface area (Å²) < 4.78 is 10.8. The van der Waals surface area contributed by atoms with Gasteiger partial charge in [-0.3, -0.25) is 9.59 Å². The number of hydrogen-bond donors (Lipinski definition) is 1. The Hall–Kier alpha value is -1.86. The molecule has 3 aliphatic rings. The lowest BCUT2D eigenvalue weighted by atomic mass is 9.95. The highest BCUT2D eigenvalue weighted by Gasteiger charge is 2.31. The van der Waals surface area contributed by atoms with Gasteiger partial charge in [0.2, 0.25) is 5.91 Å². The molecule has 1 aliphatic carbocycles. The van der Waals surface area contributed by atoms with Gasteiger partial charge in [-0.15, -0.1) is 0 Å². The molecule has 154 valence electrons. The largest absolute Gasteiger partial charge is 0.469 e. The van der Waals surface area contributed by atoms with Crippen molar-refractivity contribution in [3.8, 4) is 0 Å². The predicted molar refractivity (Wildman–Crippen MR) is 104 cm³/mol. The number of hydrogen-bond acceptors (Lipinski definition) is 5. The van der Waals surface area contributed by atoms with E-state index in [1.165, 1.54) is 38.5 Å². The van der Waals surface area contributed by atoms with Crippen LogP contribution in [0.15, 0.2) is 16.7 Å². The van der Waals surface area contributed by atoms with E-state index in [-0.39, 0.29) is 24.5 Å². The molecule has 3 heterocycles. The van der Waals surface area contributed by atoms with Crippen molar-refractivity contribution in [3.63, 3.8) is 0 Å². The molecule has 1 saturated carbocycles. The van der Waals surface area contributed by atoms with E-state index in [1.54, 1.807) is 13.0 Å². The Labute approximate surface area is 166 Å². The maximum absolute atomic E-state index is 12.3. The summed E-state index contributed by atoms with van der Waals surface area (Å²) in [6.45, 7) is 7.20. The monoisotopic (exact) mass is 389 g/mol. The lowest BCUT2D eigenvalue weighted by molar-refractivity contribution is -0.149. The standard InChI is InChI=1S/C21H31N3O4/c1-15-19(6-9-27-15)21(26)22-10-18-13-24(20(25)14-28-18)12-17-4-7-23(8-5-17)11-16-2-3-16/h6,9,16-18H,2-5,7-8,10-14H2,1H3,(H,22,26). The van der Waals surface area contributed by atoms with E-state index in [0.29, 0.717) is 30.3 Å². The molecule has 2 amide bonds. The number of likely N-dealkylation sites (tertiary alicyclic amines) is 1. The molecule has 7 heteroatoms. The maximum Gasteiger partial charge on any atom is 0.254 e. The Morgan fingerprint density at radius 2 is 1.93 bits per heavy atom. The third-order valence-corrected chi connectivity index (χ3v) is 6.21. The first-order valence-corrected chi connectivity index (χ1v) is 10.5. The average molecular weight is 389 g/mol. The highest BCUT2D eigenvalue weighted by Crippen LogP contribution is 2.31. The van der Waals surface area contributed by atoms with Crippen LogP contribution < -0.4 is 5.32 Å². The van der Waals surface area contributed by atoms with Gasteiger partial charge in [0.05, 0.1) is 17.9 Å². The van der Waals surface area contributed by atoms with Crippen molar-refractivity contribution in [2.75, 3.05) is 45.9 Å². The van der Waals surface area contributed by atoms with Gasteiger partial charge in [0.25, 0.3) is 5.91 Å². The van der Waals surface area contributed by atoms with Crippen LogP contribution in [0.5, 0.6) is 0 Å². The molecule has 0 bridgehead atoms. The van der Waals surface area contributed by atoms with Crippen LogP contribution >= 0.6 is 0 Å². The molecule has 28 heavy (non-hydrogen) atoms. The number of nitrogens with zero attached hydrogens (tertiary/aromatic N) is 2. The zero-order valence-corrected chi connectivity index (χ0v) is 16.7. The summed E-state index contributed by atoms with van der Waals surface area (Å²) in [5.41, 5.74) is 0.543. The molecule has 2 aliphatic heterocycles.